The number of unbranched alkanes of at least 4 members (excludes halogenated alkanes) is 1. The lowest BCUT2D eigenvalue weighted by molar-refractivity contribution is 0.636. The van der Waals surface area contributed by atoms with Crippen molar-refractivity contribution >= 4 is 23.4 Å². The van der Waals surface area contributed by atoms with Gasteiger partial charge in [-0.1, -0.05) is 6.08 Å². The predicted molar refractivity (Wildman–Crippen MR) is 124 cm³/mol. The van der Waals surface area contributed by atoms with Gasteiger partial charge in [0.1, 0.15) is 5.82 Å². The molecule has 158 valence electrons. The first-order chi connectivity index (χ1) is 13.9. The fourth-order valence-corrected chi connectivity index (χ4v) is 3.57. The normalized spacial score (nSPS) is 18.5. The summed E-state index contributed by atoms with van der Waals surface area (Å²) in [6.45, 7) is 9.95. The Kier molecular flexibility index (Phi) is 8.39. The highest BCUT2D eigenvalue weighted by molar-refractivity contribution is 6.03. The Morgan fingerprint density at radius 1 is 1.48 bits per heavy atom. The molecule has 0 aromatic carbocycles. The van der Waals surface area contributed by atoms with Gasteiger partial charge in [0.15, 0.2) is 0 Å². The number of piperidine rings is 1. The monoisotopic (exact) mass is 397 g/mol. The molecule has 2 rings (SSSR count). The number of hydrogen-bond acceptors (Lipinski definition) is 7. The summed E-state index contributed by atoms with van der Waals surface area (Å²) in [5, 5.41) is 11.0. The van der Waals surface area contributed by atoms with E-state index in [2.05, 4.69) is 21.8 Å². The molecule has 0 amide bonds. The average Bonchev–Trinajstić information content (AvgIpc) is 2.72. The summed E-state index contributed by atoms with van der Waals surface area (Å²) in [6.07, 6.45) is 7.00. The number of aryl methyl sites for hydroxylation is 1. The van der Waals surface area contributed by atoms with Crippen molar-refractivity contribution in [3.05, 3.63) is 41.2 Å². The van der Waals surface area contributed by atoms with E-state index in [0.29, 0.717) is 6.54 Å². The van der Waals surface area contributed by atoms with Gasteiger partial charge in [-0.25, -0.2) is 4.98 Å². The van der Waals surface area contributed by atoms with E-state index in [9.17, 15) is 0 Å². The molecule has 1 aromatic heterocycles. The van der Waals surface area contributed by atoms with Crippen molar-refractivity contribution in [3.8, 4) is 0 Å². The SMILES string of the molecule is C=CC(N)CCCCN=C1CCN(c2cc(C)nc(NC)c2C=N)CC1=C(C)N. The molecule has 29 heavy (non-hydrogen) atoms. The molecule has 1 atom stereocenters. The lowest BCUT2D eigenvalue weighted by Gasteiger charge is -2.33. The molecule has 1 aliphatic heterocycles. The first kappa shape index (κ1) is 22.6. The summed E-state index contributed by atoms with van der Waals surface area (Å²) in [7, 11) is 1.83. The van der Waals surface area contributed by atoms with E-state index in [4.69, 9.17) is 21.9 Å². The number of allylic oxidation sites excluding steroid dienone is 1. The minimum Gasteiger partial charge on any atom is -0.402 e. The third-order valence-corrected chi connectivity index (χ3v) is 5.23. The van der Waals surface area contributed by atoms with E-state index in [0.717, 1.165) is 78.5 Å². The molecule has 0 spiro atoms. The second-order valence-electron chi connectivity index (χ2n) is 7.50. The fourth-order valence-electron chi connectivity index (χ4n) is 3.57. The van der Waals surface area contributed by atoms with Crippen molar-refractivity contribution in [2.24, 2.45) is 16.5 Å². The molecule has 1 aliphatic rings. The van der Waals surface area contributed by atoms with Gasteiger partial charge >= 0.3 is 0 Å². The average molecular weight is 398 g/mol. The summed E-state index contributed by atoms with van der Waals surface area (Å²) in [5.74, 6) is 0.724. The molecule has 0 bridgehead atoms. The van der Waals surface area contributed by atoms with Crippen molar-refractivity contribution in [1.29, 1.82) is 5.41 Å². The van der Waals surface area contributed by atoms with Gasteiger partial charge in [-0.05, 0) is 39.2 Å². The first-order valence-electron chi connectivity index (χ1n) is 10.2. The van der Waals surface area contributed by atoms with Crippen LogP contribution in [0.5, 0.6) is 0 Å². The largest absolute Gasteiger partial charge is 0.402 e. The highest BCUT2D eigenvalue weighted by atomic mass is 15.2. The Labute approximate surface area is 174 Å². The molecule has 0 saturated carbocycles. The summed E-state index contributed by atoms with van der Waals surface area (Å²) < 4.78 is 0. The minimum atomic E-state index is 0.0713. The van der Waals surface area contributed by atoms with Gasteiger partial charge in [-0.15, -0.1) is 6.58 Å². The van der Waals surface area contributed by atoms with Crippen LogP contribution < -0.4 is 21.7 Å². The van der Waals surface area contributed by atoms with Crippen molar-refractivity contribution < 1.29 is 0 Å². The second-order valence-corrected chi connectivity index (χ2v) is 7.50. The number of hydrogen-bond donors (Lipinski definition) is 4. The van der Waals surface area contributed by atoms with Crippen molar-refractivity contribution in [3.63, 3.8) is 0 Å². The molecule has 2 heterocycles. The van der Waals surface area contributed by atoms with Gasteiger partial charge in [0, 0.05) is 68.0 Å². The molecule has 1 aromatic rings. The van der Waals surface area contributed by atoms with E-state index in [1.54, 1.807) is 6.08 Å². The number of aliphatic imine (C=N–C) groups is 1. The van der Waals surface area contributed by atoms with Crippen LogP contribution in [0.15, 0.2) is 35.0 Å². The third kappa shape index (κ3) is 5.90. The number of anilines is 2. The molecule has 0 radical (unpaired) electrons. The van der Waals surface area contributed by atoms with Gasteiger partial charge in [0.05, 0.1) is 11.3 Å². The molecular weight excluding hydrogens is 362 g/mol. The Bertz CT molecular complexity index is 791. The maximum atomic E-state index is 7.86. The molecule has 1 fully saturated rings. The van der Waals surface area contributed by atoms with Crippen molar-refractivity contribution in [2.75, 3.05) is 36.9 Å². The van der Waals surface area contributed by atoms with Crippen LogP contribution in [-0.4, -0.2) is 49.6 Å². The number of nitrogens with one attached hydrogen (secondary N) is 2. The van der Waals surface area contributed by atoms with Crippen molar-refractivity contribution in [2.45, 2.75) is 45.6 Å². The number of aromatic nitrogens is 1. The maximum Gasteiger partial charge on any atom is 0.136 e. The third-order valence-electron chi connectivity index (χ3n) is 5.23. The zero-order chi connectivity index (χ0) is 21.4. The van der Waals surface area contributed by atoms with Crippen LogP contribution in [0.1, 0.15) is 43.9 Å². The smallest absolute Gasteiger partial charge is 0.136 e. The van der Waals surface area contributed by atoms with Crippen LogP contribution >= 0.6 is 0 Å². The van der Waals surface area contributed by atoms with E-state index >= 15 is 0 Å². The molecule has 7 nitrogen and oxygen atoms in total. The topological polar surface area (TPSA) is 116 Å². The van der Waals surface area contributed by atoms with Crippen LogP contribution in [0.25, 0.3) is 0 Å². The van der Waals surface area contributed by atoms with Gasteiger partial charge in [-0.2, -0.15) is 0 Å². The van der Waals surface area contributed by atoms with Gasteiger partial charge in [-0.3, -0.25) is 4.99 Å². The van der Waals surface area contributed by atoms with Crippen LogP contribution in [0.3, 0.4) is 0 Å². The highest BCUT2D eigenvalue weighted by Gasteiger charge is 2.24. The molecule has 1 unspecified atom stereocenters. The standard InChI is InChI=1S/C22H35N7/c1-5-17(25)8-6-7-10-27-20-9-11-29(14-19(20)16(3)24)21-12-15(2)28-22(26-4)18(21)13-23/h5,12-13,17,23H,1,6-11,14,24-25H2,2-4H3,(H,26,28). The van der Waals surface area contributed by atoms with Gasteiger partial charge in [0.25, 0.3) is 0 Å². The van der Waals surface area contributed by atoms with Crippen LogP contribution in [0, 0.1) is 12.3 Å². The Morgan fingerprint density at radius 3 is 2.86 bits per heavy atom. The fraction of sp³-hybridized carbons (Fsp3) is 0.500. The molecular formula is C22H35N7. The lowest BCUT2D eigenvalue weighted by Crippen LogP contribution is -2.38. The van der Waals surface area contributed by atoms with Crippen LogP contribution in [0.4, 0.5) is 11.5 Å². The van der Waals surface area contributed by atoms with E-state index in [-0.39, 0.29) is 6.04 Å². The Hall–Kier alpha value is -2.67. The number of rotatable bonds is 9. The second kappa shape index (κ2) is 10.8. The molecule has 0 aliphatic carbocycles. The number of nitrogens with two attached hydrogens (primary N) is 2. The van der Waals surface area contributed by atoms with E-state index in [1.807, 2.05) is 27.0 Å². The zero-order valence-electron chi connectivity index (χ0n) is 18.0. The zero-order valence-corrected chi connectivity index (χ0v) is 18.0. The Balaban J connectivity index is 2.15. The summed E-state index contributed by atoms with van der Waals surface area (Å²) >= 11 is 0. The Morgan fingerprint density at radius 2 is 2.24 bits per heavy atom. The lowest BCUT2D eigenvalue weighted by atomic mass is 9.98. The minimum absolute atomic E-state index is 0.0713. The van der Waals surface area contributed by atoms with Crippen LogP contribution in [0.2, 0.25) is 0 Å². The summed E-state index contributed by atoms with van der Waals surface area (Å²) in [4.78, 5) is 11.6. The molecule has 1 saturated heterocycles. The quantitative estimate of drug-likeness (QED) is 0.290. The van der Waals surface area contributed by atoms with Crippen LogP contribution in [-0.2, 0) is 0 Å². The molecule has 6 N–H and O–H groups in total. The summed E-state index contributed by atoms with van der Waals surface area (Å²) in [6, 6.07) is 2.11. The van der Waals surface area contributed by atoms with E-state index in [1.165, 1.54) is 6.21 Å². The predicted octanol–water partition coefficient (Wildman–Crippen LogP) is 3.00. The summed E-state index contributed by atoms with van der Waals surface area (Å²) in [5.41, 5.74) is 17.8. The van der Waals surface area contributed by atoms with E-state index < -0.39 is 0 Å². The maximum absolute atomic E-state index is 7.86. The first-order valence-corrected chi connectivity index (χ1v) is 10.2. The van der Waals surface area contributed by atoms with Crippen molar-refractivity contribution in [1.82, 2.24) is 4.98 Å². The number of pyridine rings is 1. The number of nitrogens with zero attached hydrogens (tertiary/aromatic N) is 3. The van der Waals surface area contributed by atoms with Gasteiger partial charge in [0.2, 0.25) is 0 Å². The molecule has 7 heteroatoms. The van der Waals surface area contributed by atoms with Gasteiger partial charge < -0.3 is 27.1 Å². The highest BCUT2D eigenvalue weighted by Crippen LogP contribution is 2.29.